The van der Waals surface area contributed by atoms with E-state index in [1.165, 1.54) is 14.0 Å². The number of esters is 2. The maximum Gasteiger partial charge on any atom is 0.421 e. The van der Waals surface area contributed by atoms with Crippen LogP contribution in [0.15, 0.2) is 54.6 Å². The number of hydrogen-bond donors (Lipinski definition) is 0. The minimum Gasteiger partial charge on any atom is -0.497 e. The maximum absolute atomic E-state index is 12.6. The van der Waals surface area contributed by atoms with Crippen LogP contribution in [0.1, 0.15) is 18.1 Å². The first-order valence-electron chi connectivity index (χ1n) is 7.89. The summed E-state index contributed by atoms with van der Waals surface area (Å²) in [5.74, 6) is -1.12. The van der Waals surface area contributed by atoms with Crippen molar-refractivity contribution in [2.24, 2.45) is 0 Å². The molecule has 0 bridgehead atoms. The third-order valence-electron chi connectivity index (χ3n) is 4.01. The average molecular weight is 355 g/mol. The molecular formula is C19H17NO6. The predicted octanol–water partition coefficient (Wildman–Crippen LogP) is 2.59. The van der Waals surface area contributed by atoms with Gasteiger partial charge in [0.05, 0.1) is 13.7 Å². The van der Waals surface area contributed by atoms with Gasteiger partial charge in [-0.1, -0.05) is 30.3 Å². The number of rotatable bonds is 5. The van der Waals surface area contributed by atoms with Crippen LogP contribution in [0.25, 0.3) is 0 Å². The van der Waals surface area contributed by atoms with E-state index in [4.69, 9.17) is 14.2 Å². The molecule has 0 aromatic heterocycles. The van der Waals surface area contributed by atoms with Crippen molar-refractivity contribution >= 4 is 18.0 Å². The number of carbonyl (C=O) groups is 3. The first kappa shape index (κ1) is 17.5. The van der Waals surface area contributed by atoms with Crippen LogP contribution in [0.4, 0.5) is 4.79 Å². The molecule has 1 aliphatic heterocycles. The van der Waals surface area contributed by atoms with Crippen molar-refractivity contribution in [1.82, 2.24) is 4.90 Å². The molecule has 1 unspecified atom stereocenters. The van der Waals surface area contributed by atoms with Gasteiger partial charge in [0, 0.05) is 12.5 Å². The molecule has 1 aliphatic rings. The summed E-state index contributed by atoms with van der Waals surface area (Å²) in [5, 5.41) is 0. The van der Waals surface area contributed by atoms with Gasteiger partial charge in [0.2, 0.25) is 0 Å². The van der Waals surface area contributed by atoms with Crippen molar-refractivity contribution in [2.45, 2.75) is 19.2 Å². The van der Waals surface area contributed by atoms with Crippen molar-refractivity contribution in [3.8, 4) is 5.75 Å². The molecule has 3 rings (SSSR count). The number of carbonyl (C=O) groups excluding carboxylic acids is 3. The van der Waals surface area contributed by atoms with E-state index in [-0.39, 0.29) is 6.54 Å². The Morgan fingerprint density at radius 3 is 2.31 bits per heavy atom. The zero-order chi connectivity index (χ0) is 18.7. The molecule has 1 heterocycles. The first-order valence-corrected chi connectivity index (χ1v) is 7.89. The van der Waals surface area contributed by atoms with Crippen LogP contribution < -0.4 is 4.74 Å². The Balaban J connectivity index is 2.10. The molecule has 0 aliphatic carbocycles. The van der Waals surface area contributed by atoms with Gasteiger partial charge in [-0.25, -0.2) is 9.59 Å². The molecule has 1 saturated heterocycles. The fourth-order valence-electron chi connectivity index (χ4n) is 2.84. The van der Waals surface area contributed by atoms with Crippen LogP contribution in [0.2, 0.25) is 0 Å². The number of benzene rings is 2. The third kappa shape index (κ3) is 2.99. The Kier molecular flexibility index (Phi) is 4.62. The van der Waals surface area contributed by atoms with Gasteiger partial charge in [0.15, 0.2) is 0 Å². The molecule has 0 N–H and O–H groups in total. The number of cyclic esters (lactones) is 2. The van der Waals surface area contributed by atoms with Gasteiger partial charge in [0.25, 0.3) is 0 Å². The summed E-state index contributed by atoms with van der Waals surface area (Å²) in [6.45, 7) is 1.20. The van der Waals surface area contributed by atoms with Gasteiger partial charge in [-0.3, -0.25) is 9.69 Å². The highest BCUT2D eigenvalue weighted by Crippen LogP contribution is 2.39. The second kappa shape index (κ2) is 6.87. The standard InChI is InChI=1S/C19H17NO6/c1-13(21)26-19(15-8-10-16(24-2)11-9-15)17(22)25-18(23)20(19)12-14-6-4-3-5-7-14/h3-11H,12H2,1-2H3. The number of nitrogens with zero attached hydrogens (tertiary/aromatic N) is 1. The summed E-state index contributed by atoms with van der Waals surface area (Å²) >= 11 is 0. The summed E-state index contributed by atoms with van der Waals surface area (Å²) in [6, 6.07) is 15.4. The molecule has 0 spiro atoms. The molecule has 1 atom stereocenters. The normalized spacial score (nSPS) is 19.2. The molecule has 134 valence electrons. The molecule has 7 nitrogen and oxygen atoms in total. The van der Waals surface area contributed by atoms with E-state index < -0.39 is 23.8 Å². The number of hydrogen-bond acceptors (Lipinski definition) is 6. The summed E-state index contributed by atoms with van der Waals surface area (Å²) in [5.41, 5.74) is -0.935. The molecular weight excluding hydrogens is 338 g/mol. The van der Waals surface area contributed by atoms with Gasteiger partial charge < -0.3 is 14.2 Å². The molecule has 1 fully saturated rings. The van der Waals surface area contributed by atoms with Crippen molar-refractivity contribution in [3.63, 3.8) is 0 Å². The van der Waals surface area contributed by atoms with Crippen molar-refractivity contribution < 1.29 is 28.6 Å². The quantitative estimate of drug-likeness (QED) is 0.606. The van der Waals surface area contributed by atoms with Gasteiger partial charge >= 0.3 is 23.8 Å². The zero-order valence-electron chi connectivity index (χ0n) is 14.3. The predicted molar refractivity (Wildman–Crippen MR) is 89.9 cm³/mol. The fourth-order valence-corrected chi connectivity index (χ4v) is 2.84. The Bertz CT molecular complexity index is 833. The Morgan fingerprint density at radius 2 is 1.73 bits per heavy atom. The maximum atomic E-state index is 12.6. The van der Waals surface area contributed by atoms with E-state index in [2.05, 4.69) is 0 Å². The lowest BCUT2D eigenvalue weighted by Crippen LogP contribution is -2.49. The number of methoxy groups -OCH3 is 1. The smallest absolute Gasteiger partial charge is 0.421 e. The molecule has 0 saturated carbocycles. The average Bonchev–Trinajstić information content (AvgIpc) is 2.87. The van der Waals surface area contributed by atoms with Gasteiger partial charge in [-0.05, 0) is 29.8 Å². The van der Waals surface area contributed by atoms with Crippen LogP contribution in [-0.2, 0) is 31.3 Å². The molecule has 0 radical (unpaired) electrons. The van der Waals surface area contributed by atoms with E-state index in [0.717, 1.165) is 10.5 Å². The van der Waals surface area contributed by atoms with Crippen molar-refractivity contribution in [1.29, 1.82) is 0 Å². The summed E-state index contributed by atoms with van der Waals surface area (Å²) < 4.78 is 15.3. The van der Waals surface area contributed by atoms with E-state index in [1.807, 2.05) is 6.07 Å². The lowest BCUT2D eigenvalue weighted by atomic mass is 10.0. The van der Waals surface area contributed by atoms with Crippen LogP contribution >= 0.6 is 0 Å². The monoisotopic (exact) mass is 355 g/mol. The second-order valence-corrected chi connectivity index (χ2v) is 5.69. The Hall–Kier alpha value is -3.35. The van der Waals surface area contributed by atoms with Gasteiger partial charge in [-0.2, -0.15) is 0 Å². The highest BCUT2D eigenvalue weighted by molar-refractivity contribution is 5.99. The topological polar surface area (TPSA) is 82.1 Å². The van der Waals surface area contributed by atoms with Crippen LogP contribution in [0, 0.1) is 0 Å². The van der Waals surface area contributed by atoms with Crippen LogP contribution in [0.3, 0.4) is 0 Å². The van der Waals surface area contributed by atoms with Crippen LogP contribution in [0.5, 0.6) is 5.75 Å². The molecule has 26 heavy (non-hydrogen) atoms. The molecule has 1 amide bonds. The van der Waals surface area contributed by atoms with Crippen molar-refractivity contribution in [2.75, 3.05) is 7.11 Å². The summed E-state index contributed by atoms with van der Waals surface area (Å²) in [4.78, 5) is 37.8. The zero-order valence-corrected chi connectivity index (χ0v) is 14.3. The van der Waals surface area contributed by atoms with Crippen molar-refractivity contribution in [3.05, 3.63) is 65.7 Å². The summed E-state index contributed by atoms with van der Waals surface area (Å²) in [7, 11) is 1.51. The van der Waals surface area contributed by atoms with E-state index in [1.54, 1.807) is 48.5 Å². The largest absolute Gasteiger partial charge is 0.497 e. The minimum atomic E-state index is -1.98. The Labute approximate surface area is 150 Å². The molecule has 7 heteroatoms. The first-order chi connectivity index (χ1) is 12.5. The highest BCUT2D eigenvalue weighted by Gasteiger charge is 2.60. The van der Waals surface area contributed by atoms with E-state index in [0.29, 0.717) is 11.3 Å². The number of amides is 1. The lowest BCUT2D eigenvalue weighted by Gasteiger charge is -2.32. The van der Waals surface area contributed by atoms with Gasteiger partial charge in [0.1, 0.15) is 5.75 Å². The number of ether oxygens (including phenoxy) is 3. The molecule has 2 aromatic carbocycles. The summed E-state index contributed by atoms with van der Waals surface area (Å²) in [6.07, 6.45) is -0.879. The SMILES string of the molecule is COc1ccc(C2(OC(C)=O)C(=O)OC(=O)N2Cc2ccccc2)cc1. The minimum absolute atomic E-state index is 0.0325. The molecule has 2 aromatic rings. The lowest BCUT2D eigenvalue weighted by molar-refractivity contribution is -0.186. The Morgan fingerprint density at radius 1 is 1.08 bits per heavy atom. The van der Waals surface area contributed by atoms with Crippen LogP contribution in [-0.4, -0.2) is 30.0 Å². The fraction of sp³-hybridized carbons (Fsp3) is 0.211. The highest BCUT2D eigenvalue weighted by atomic mass is 16.7. The third-order valence-corrected chi connectivity index (χ3v) is 4.01. The second-order valence-electron chi connectivity index (χ2n) is 5.69. The van der Waals surface area contributed by atoms with E-state index in [9.17, 15) is 14.4 Å². The van der Waals surface area contributed by atoms with E-state index >= 15 is 0 Å². The van der Waals surface area contributed by atoms with Gasteiger partial charge in [-0.15, -0.1) is 0 Å².